The molecule has 0 radical (unpaired) electrons. The summed E-state index contributed by atoms with van der Waals surface area (Å²) in [6.45, 7) is 0.878. The predicted molar refractivity (Wildman–Crippen MR) is 118 cm³/mol. The van der Waals surface area contributed by atoms with E-state index in [0.717, 1.165) is 57.9 Å². The molecule has 6 rings (SSSR count). The van der Waals surface area contributed by atoms with Crippen LogP contribution in [0.15, 0.2) is 60.9 Å². The summed E-state index contributed by atoms with van der Waals surface area (Å²) in [5, 5.41) is 4.45. The summed E-state index contributed by atoms with van der Waals surface area (Å²) in [6.07, 6.45) is 10.3. The van der Waals surface area contributed by atoms with Gasteiger partial charge in [-0.25, -0.2) is 0 Å². The van der Waals surface area contributed by atoms with Gasteiger partial charge in [-0.05, 0) is 24.5 Å². The molecule has 0 bridgehead atoms. The molecule has 4 aromatic rings. The van der Waals surface area contributed by atoms with Crippen molar-refractivity contribution >= 4 is 50.8 Å². The Morgan fingerprint density at radius 1 is 0.867 bits per heavy atom. The van der Waals surface area contributed by atoms with Crippen molar-refractivity contribution in [2.24, 2.45) is 0 Å². The third kappa shape index (κ3) is 2.35. The van der Waals surface area contributed by atoms with Crippen molar-refractivity contribution in [3.8, 4) is 0 Å². The quantitative estimate of drug-likeness (QED) is 0.493. The highest BCUT2D eigenvalue weighted by Gasteiger charge is 2.35. The molecule has 2 amide bonds. The van der Waals surface area contributed by atoms with E-state index >= 15 is 0 Å². The Labute approximate surface area is 172 Å². The molecule has 30 heavy (non-hydrogen) atoms. The molecule has 2 aliphatic rings. The highest BCUT2D eigenvalue weighted by Crippen LogP contribution is 2.39. The van der Waals surface area contributed by atoms with Gasteiger partial charge < -0.3 is 9.55 Å². The molecule has 0 aliphatic carbocycles. The topological polar surface area (TPSA) is 66.9 Å². The van der Waals surface area contributed by atoms with E-state index in [1.165, 1.54) is 0 Å². The Morgan fingerprint density at radius 3 is 2.57 bits per heavy atom. The molecular weight excluding hydrogens is 374 g/mol. The first-order valence-electron chi connectivity index (χ1n) is 10.2. The Balaban J connectivity index is 1.68. The van der Waals surface area contributed by atoms with E-state index in [-0.39, 0.29) is 11.8 Å². The number of nitrogens with one attached hydrogen (secondary N) is 2. The third-order valence-electron chi connectivity index (χ3n) is 6.06. The van der Waals surface area contributed by atoms with Gasteiger partial charge in [0.2, 0.25) is 0 Å². The number of H-pyrrole nitrogens is 1. The van der Waals surface area contributed by atoms with Crippen molar-refractivity contribution in [3.63, 3.8) is 0 Å². The normalized spacial score (nSPS) is 17.5. The second-order valence-corrected chi connectivity index (χ2v) is 7.81. The van der Waals surface area contributed by atoms with Gasteiger partial charge in [0.1, 0.15) is 0 Å². The number of carbonyl (C=O) groups excluding carboxylic acids is 2. The molecule has 0 saturated heterocycles. The standard InChI is InChI=1S/C25H19N3O2/c29-24-21(18-13-26-20-11-4-3-9-16(18)20)22(25(30)27-24)19-14-28-12-5-1-2-7-15-8-6-10-17(19)23(15)28/h2-4,6-11,13-14,26H,1,5,12H2,(H,27,29,30)/b7-2-. The number of carbonyl (C=O) groups is 2. The van der Waals surface area contributed by atoms with Crippen LogP contribution in [0.5, 0.6) is 0 Å². The Morgan fingerprint density at radius 2 is 1.67 bits per heavy atom. The van der Waals surface area contributed by atoms with Gasteiger partial charge in [-0.3, -0.25) is 14.9 Å². The number of imide groups is 1. The van der Waals surface area contributed by atoms with Crippen molar-refractivity contribution in [2.75, 3.05) is 0 Å². The molecule has 2 aromatic heterocycles. The summed E-state index contributed by atoms with van der Waals surface area (Å²) in [7, 11) is 0. The number of para-hydroxylation sites is 2. The molecular formula is C25H19N3O2. The first kappa shape index (κ1) is 17.0. The number of allylic oxidation sites excluding steroid dienone is 1. The number of fused-ring (bicyclic) bond motifs is 1. The zero-order valence-electron chi connectivity index (χ0n) is 16.2. The van der Waals surface area contributed by atoms with E-state index in [9.17, 15) is 9.59 Å². The zero-order chi connectivity index (χ0) is 20.2. The van der Waals surface area contributed by atoms with Crippen LogP contribution in [-0.4, -0.2) is 21.4 Å². The van der Waals surface area contributed by atoms with Crippen molar-refractivity contribution in [1.29, 1.82) is 0 Å². The van der Waals surface area contributed by atoms with E-state index in [4.69, 9.17) is 0 Å². The summed E-state index contributed by atoms with van der Waals surface area (Å²) >= 11 is 0. The lowest BCUT2D eigenvalue weighted by Crippen LogP contribution is -2.22. The maximum Gasteiger partial charge on any atom is 0.259 e. The highest BCUT2D eigenvalue weighted by molar-refractivity contribution is 6.50. The fraction of sp³-hybridized carbons (Fsp3) is 0.120. The summed E-state index contributed by atoms with van der Waals surface area (Å²) in [5.74, 6) is -0.684. The number of benzene rings is 2. The summed E-state index contributed by atoms with van der Waals surface area (Å²) in [4.78, 5) is 29.1. The number of aromatic nitrogens is 2. The maximum atomic E-state index is 13.0. The monoisotopic (exact) mass is 393 g/mol. The molecule has 146 valence electrons. The third-order valence-corrected chi connectivity index (χ3v) is 6.06. The average molecular weight is 393 g/mol. The number of aromatic amines is 1. The van der Waals surface area contributed by atoms with E-state index < -0.39 is 0 Å². The molecule has 4 heterocycles. The summed E-state index contributed by atoms with van der Waals surface area (Å²) < 4.78 is 2.22. The lowest BCUT2D eigenvalue weighted by Gasteiger charge is -2.09. The molecule has 2 aliphatic heterocycles. The number of nitrogens with zero attached hydrogens (tertiary/aromatic N) is 1. The van der Waals surface area contributed by atoms with Gasteiger partial charge in [-0.1, -0.05) is 48.6 Å². The van der Waals surface area contributed by atoms with Gasteiger partial charge >= 0.3 is 0 Å². The fourth-order valence-corrected chi connectivity index (χ4v) is 4.74. The van der Waals surface area contributed by atoms with E-state index in [0.29, 0.717) is 11.1 Å². The predicted octanol–water partition coefficient (Wildman–Crippen LogP) is 4.50. The van der Waals surface area contributed by atoms with E-state index in [1.807, 2.05) is 48.8 Å². The fourth-order valence-electron chi connectivity index (χ4n) is 4.74. The zero-order valence-corrected chi connectivity index (χ0v) is 16.2. The van der Waals surface area contributed by atoms with Gasteiger partial charge in [0, 0.05) is 46.4 Å². The van der Waals surface area contributed by atoms with Crippen LogP contribution in [0.2, 0.25) is 0 Å². The van der Waals surface area contributed by atoms with E-state index in [1.54, 1.807) is 0 Å². The van der Waals surface area contributed by atoms with Gasteiger partial charge in [0.15, 0.2) is 0 Å². The molecule has 2 aromatic carbocycles. The smallest absolute Gasteiger partial charge is 0.259 e. The second-order valence-electron chi connectivity index (χ2n) is 7.81. The summed E-state index contributed by atoms with van der Waals surface area (Å²) in [5.41, 5.74) is 5.64. The molecule has 0 atom stereocenters. The van der Waals surface area contributed by atoms with Crippen LogP contribution in [0.1, 0.15) is 29.5 Å². The Bertz CT molecular complexity index is 1430. The first-order valence-corrected chi connectivity index (χ1v) is 10.2. The van der Waals surface area contributed by atoms with Crippen molar-refractivity contribution < 1.29 is 9.59 Å². The molecule has 0 fully saturated rings. The first-order chi connectivity index (χ1) is 14.7. The molecule has 5 heteroatoms. The number of hydrogen-bond acceptors (Lipinski definition) is 2. The van der Waals surface area contributed by atoms with Crippen molar-refractivity contribution in [1.82, 2.24) is 14.9 Å². The Kier molecular flexibility index (Phi) is 3.59. The number of rotatable bonds is 2. The van der Waals surface area contributed by atoms with Crippen LogP contribution in [0, 0.1) is 0 Å². The van der Waals surface area contributed by atoms with Gasteiger partial charge in [0.05, 0.1) is 16.7 Å². The Hall–Kier alpha value is -3.86. The molecule has 0 spiro atoms. The highest BCUT2D eigenvalue weighted by atomic mass is 16.2. The maximum absolute atomic E-state index is 13.0. The average Bonchev–Trinajstić information content (AvgIpc) is 3.39. The van der Waals surface area contributed by atoms with E-state index in [2.05, 4.69) is 33.1 Å². The van der Waals surface area contributed by atoms with Crippen LogP contribution in [0.3, 0.4) is 0 Å². The van der Waals surface area contributed by atoms with Crippen molar-refractivity contribution in [2.45, 2.75) is 19.4 Å². The summed E-state index contributed by atoms with van der Waals surface area (Å²) in [6, 6.07) is 14.0. The lowest BCUT2D eigenvalue weighted by atomic mass is 9.95. The van der Waals surface area contributed by atoms with Crippen LogP contribution in [0.25, 0.3) is 39.0 Å². The molecule has 5 nitrogen and oxygen atoms in total. The van der Waals surface area contributed by atoms with Crippen LogP contribution < -0.4 is 5.32 Å². The molecule has 0 saturated carbocycles. The minimum Gasteiger partial charge on any atom is -0.361 e. The number of hydrogen-bond donors (Lipinski definition) is 2. The van der Waals surface area contributed by atoms with Gasteiger partial charge in [0.25, 0.3) is 11.8 Å². The lowest BCUT2D eigenvalue weighted by molar-refractivity contribution is -0.122. The van der Waals surface area contributed by atoms with Crippen LogP contribution in [0.4, 0.5) is 0 Å². The molecule has 2 N–H and O–H groups in total. The van der Waals surface area contributed by atoms with Gasteiger partial charge in [-0.2, -0.15) is 0 Å². The largest absolute Gasteiger partial charge is 0.361 e. The minimum atomic E-state index is -0.346. The van der Waals surface area contributed by atoms with Gasteiger partial charge in [-0.15, -0.1) is 0 Å². The second kappa shape index (κ2) is 6.32. The number of amides is 2. The van der Waals surface area contributed by atoms with Crippen molar-refractivity contribution in [3.05, 3.63) is 77.6 Å². The minimum absolute atomic E-state index is 0.338. The van der Waals surface area contributed by atoms with Crippen LogP contribution in [-0.2, 0) is 16.1 Å². The SMILES string of the molecule is O=C1NC(=O)C(c2cn3c4c(cccc24)/C=C\CCC3)=C1c1c[nH]c2ccccc12. The number of aryl methyl sites for hydroxylation is 1. The molecule has 0 unspecified atom stereocenters. The van der Waals surface area contributed by atoms with Crippen LogP contribution >= 0.6 is 0 Å².